The van der Waals surface area contributed by atoms with Crippen LogP contribution in [0, 0.1) is 0 Å². The molecule has 0 radical (unpaired) electrons. The van der Waals surface area contributed by atoms with E-state index in [1.807, 2.05) is 0 Å². The minimum absolute atomic E-state index is 0. The van der Waals surface area contributed by atoms with Gasteiger partial charge in [-0.1, -0.05) is 18.2 Å². The largest absolute Gasteiger partial charge is 0.416 e. The molecule has 1 fully saturated rings. The molecule has 1 aromatic rings. The first kappa shape index (κ1) is 20.7. The Hall–Kier alpha value is -1.31. The fourth-order valence-electron chi connectivity index (χ4n) is 2.50. The van der Waals surface area contributed by atoms with Crippen LogP contribution in [0.2, 0.25) is 0 Å². The van der Waals surface area contributed by atoms with Crippen LogP contribution in [0.4, 0.5) is 13.2 Å². The minimum Gasteiger partial charge on any atom is -0.380 e. The molecule has 2 rings (SSSR count). The summed E-state index contributed by atoms with van der Waals surface area (Å²) in [6.07, 6.45) is -3.12. The van der Waals surface area contributed by atoms with Gasteiger partial charge in [0.05, 0.1) is 18.1 Å². The van der Waals surface area contributed by atoms with Crippen molar-refractivity contribution in [1.29, 1.82) is 0 Å². The molecular weight excluding hydrogens is 345 g/mol. The molecule has 0 aromatic heterocycles. The fraction of sp³-hybridized carbons (Fsp3) is 0.562. The van der Waals surface area contributed by atoms with E-state index in [0.29, 0.717) is 0 Å². The van der Waals surface area contributed by atoms with E-state index >= 15 is 0 Å². The van der Waals surface area contributed by atoms with E-state index in [1.165, 1.54) is 24.1 Å². The predicted octanol–water partition coefficient (Wildman–Crippen LogP) is 2.98. The van der Waals surface area contributed by atoms with E-state index in [4.69, 9.17) is 10.5 Å². The second-order valence-electron chi connectivity index (χ2n) is 5.71. The second kappa shape index (κ2) is 8.69. The predicted molar refractivity (Wildman–Crippen MR) is 86.7 cm³/mol. The van der Waals surface area contributed by atoms with Crippen LogP contribution in [-0.4, -0.2) is 36.6 Å². The number of alkyl halides is 3. The molecule has 1 amide bonds. The van der Waals surface area contributed by atoms with Crippen LogP contribution >= 0.6 is 12.4 Å². The van der Waals surface area contributed by atoms with Crippen molar-refractivity contribution in [3.05, 3.63) is 35.4 Å². The minimum atomic E-state index is -4.43. The highest BCUT2D eigenvalue weighted by Crippen LogP contribution is 2.35. The van der Waals surface area contributed by atoms with Gasteiger partial charge in [-0.3, -0.25) is 4.79 Å². The number of carbonyl (C=O) groups excluding carboxylic acids is 1. The summed E-state index contributed by atoms with van der Waals surface area (Å²) in [6, 6.07) is 5.38. The summed E-state index contributed by atoms with van der Waals surface area (Å²) in [5, 5.41) is 0. The zero-order chi connectivity index (χ0) is 17.0. The Labute approximate surface area is 145 Å². The quantitative estimate of drug-likeness (QED) is 0.807. The maximum Gasteiger partial charge on any atom is 0.416 e. The first-order valence-electron chi connectivity index (χ1n) is 7.54. The van der Waals surface area contributed by atoms with Gasteiger partial charge in [-0.25, -0.2) is 0 Å². The summed E-state index contributed by atoms with van der Waals surface area (Å²) in [4.78, 5) is 13.9. The molecule has 136 valence electrons. The second-order valence-corrected chi connectivity index (χ2v) is 5.71. The molecule has 0 heterocycles. The van der Waals surface area contributed by atoms with Gasteiger partial charge < -0.3 is 15.4 Å². The third-order valence-corrected chi connectivity index (χ3v) is 3.97. The molecule has 2 N–H and O–H groups in total. The van der Waals surface area contributed by atoms with Crippen molar-refractivity contribution in [3.63, 3.8) is 0 Å². The highest BCUT2D eigenvalue weighted by molar-refractivity contribution is 5.85. The summed E-state index contributed by atoms with van der Waals surface area (Å²) in [7, 11) is 1.46. The lowest BCUT2D eigenvalue weighted by Crippen LogP contribution is -2.37. The normalized spacial score (nSPS) is 15.5. The van der Waals surface area contributed by atoms with Gasteiger partial charge in [0, 0.05) is 26.2 Å². The molecule has 1 atom stereocenters. The molecule has 1 aliphatic rings. The maximum atomic E-state index is 13.1. The number of nitrogens with zero attached hydrogens (tertiary/aromatic N) is 1. The molecule has 0 bridgehead atoms. The van der Waals surface area contributed by atoms with E-state index < -0.39 is 17.8 Å². The van der Waals surface area contributed by atoms with Crippen LogP contribution < -0.4 is 5.73 Å². The Morgan fingerprint density at radius 3 is 2.50 bits per heavy atom. The molecule has 8 heteroatoms. The summed E-state index contributed by atoms with van der Waals surface area (Å²) >= 11 is 0. The zero-order valence-electron chi connectivity index (χ0n) is 13.4. The van der Waals surface area contributed by atoms with Crippen molar-refractivity contribution in [2.45, 2.75) is 44.1 Å². The van der Waals surface area contributed by atoms with Crippen molar-refractivity contribution < 1.29 is 22.7 Å². The van der Waals surface area contributed by atoms with E-state index in [-0.39, 0.29) is 49.4 Å². The average molecular weight is 367 g/mol. The Bertz CT molecular complexity index is 546. The van der Waals surface area contributed by atoms with Gasteiger partial charge in [0.25, 0.3) is 0 Å². The SMILES string of the molecule is COC(CN)CC(=O)N(Cc1ccccc1C(F)(F)F)C1CC1.Cl. The molecule has 1 saturated carbocycles. The highest BCUT2D eigenvalue weighted by atomic mass is 35.5. The summed E-state index contributed by atoms with van der Waals surface area (Å²) in [6.45, 7) is 0.153. The molecule has 0 aliphatic heterocycles. The molecule has 1 aliphatic carbocycles. The lowest BCUT2D eigenvalue weighted by molar-refractivity contribution is -0.140. The number of hydrogen-bond acceptors (Lipinski definition) is 3. The molecule has 0 saturated heterocycles. The first-order valence-corrected chi connectivity index (χ1v) is 7.54. The van der Waals surface area contributed by atoms with Crippen LogP contribution in [0.1, 0.15) is 30.4 Å². The number of hydrogen-bond donors (Lipinski definition) is 1. The zero-order valence-corrected chi connectivity index (χ0v) is 14.2. The van der Waals surface area contributed by atoms with Gasteiger partial charge in [-0.2, -0.15) is 13.2 Å². The number of ether oxygens (including phenoxy) is 1. The number of amides is 1. The Morgan fingerprint density at radius 1 is 1.38 bits per heavy atom. The summed E-state index contributed by atoms with van der Waals surface area (Å²) in [5.74, 6) is -0.221. The molecular formula is C16H22ClF3N2O2. The molecule has 0 spiro atoms. The van der Waals surface area contributed by atoms with Crippen LogP contribution in [0.25, 0.3) is 0 Å². The van der Waals surface area contributed by atoms with E-state index in [1.54, 1.807) is 6.07 Å². The number of carbonyl (C=O) groups is 1. The summed E-state index contributed by atoms with van der Waals surface area (Å²) < 4.78 is 44.4. The monoisotopic (exact) mass is 366 g/mol. The first-order chi connectivity index (χ1) is 10.9. The summed E-state index contributed by atoms with van der Waals surface area (Å²) in [5.41, 5.74) is 4.93. The van der Waals surface area contributed by atoms with Gasteiger partial charge >= 0.3 is 6.18 Å². The van der Waals surface area contributed by atoms with Gasteiger partial charge in [0.2, 0.25) is 5.91 Å². The molecule has 1 aromatic carbocycles. The highest BCUT2D eigenvalue weighted by Gasteiger charge is 2.37. The topological polar surface area (TPSA) is 55.6 Å². The van der Waals surface area contributed by atoms with E-state index in [9.17, 15) is 18.0 Å². The van der Waals surface area contributed by atoms with Crippen LogP contribution in [0.15, 0.2) is 24.3 Å². The Kier molecular flexibility index (Phi) is 7.51. The molecule has 1 unspecified atom stereocenters. The van der Waals surface area contributed by atoms with E-state index in [2.05, 4.69) is 0 Å². The van der Waals surface area contributed by atoms with Crippen LogP contribution in [-0.2, 0) is 22.3 Å². The smallest absolute Gasteiger partial charge is 0.380 e. The number of halogens is 4. The van der Waals surface area contributed by atoms with E-state index in [0.717, 1.165) is 18.9 Å². The van der Waals surface area contributed by atoms with Crippen molar-refractivity contribution in [2.75, 3.05) is 13.7 Å². The standard InChI is InChI=1S/C16H21F3N2O2.ClH/c1-23-13(9-20)8-15(22)21(12-6-7-12)10-11-4-2-3-5-14(11)16(17,18)19;/h2-5,12-13H,6-10,20H2,1H3;1H. The van der Waals surface area contributed by atoms with Crippen molar-refractivity contribution in [1.82, 2.24) is 4.90 Å². The lowest BCUT2D eigenvalue weighted by Gasteiger charge is -2.26. The van der Waals surface area contributed by atoms with Crippen molar-refractivity contribution >= 4 is 18.3 Å². The Morgan fingerprint density at radius 2 is 2.00 bits per heavy atom. The molecule has 4 nitrogen and oxygen atoms in total. The Balaban J connectivity index is 0.00000288. The maximum absolute atomic E-state index is 13.1. The number of nitrogens with two attached hydrogens (primary N) is 1. The average Bonchev–Trinajstić information content (AvgIpc) is 3.34. The van der Waals surface area contributed by atoms with Gasteiger partial charge in [0.1, 0.15) is 0 Å². The fourth-order valence-corrected chi connectivity index (χ4v) is 2.50. The third-order valence-electron chi connectivity index (χ3n) is 3.97. The van der Waals surface area contributed by atoms with Crippen LogP contribution in [0.3, 0.4) is 0 Å². The molecule has 24 heavy (non-hydrogen) atoms. The van der Waals surface area contributed by atoms with Gasteiger partial charge in [-0.15, -0.1) is 12.4 Å². The third kappa shape index (κ3) is 5.36. The van der Waals surface area contributed by atoms with Crippen molar-refractivity contribution in [3.8, 4) is 0 Å². The lowest BCUT2D eigenvalue weighted by atomic mass is 10.1. The van der Waals surface area contributed by atoms with Crippen molar-refractivity contribution in [2.24, 2.45) is 5.73 Å². The number of methoxy groups -OCH3 is 1. The number of benzene rings is 1. The van der Waals surface area contributed by atoms with Gasteiger partial charge in [0.15, 0.2) is 0 Å². The van der Waals surface area contributed by atoms with Gasteiger partial charge in [-0.05, 0) is 24.5 Å². The number of rotatable bonds is 7. The van der Waals surface area contributed by atoms with Crippen LogP contribution in [0.5, 0.6) is 0 Å².